The molecule has 1 aromatic heterocycles. The average molecular weight is 382 g/mol. The minimum atomic E-state index is -0.00977. The van der Waals surface area contributed by atoms with Gasteiger partial charge in [-0.15, -0.1) is 11.3 Å². The molecule has 1 atom stereocenters. The summed E-state index contributed by atoms with van der Waals surface area (Å²) in [6.45, 7) is 2.21. The number of fused-ring (bicyclic) bond motifs is 1. The Morgan fingerprint density at radius 2 is 2.07 bits per heavy atom. The summed E-state index contributed by atoms with van der Waals surface area (Å²) in [5.74, 6) is 1.07. The molecule has 1 aliphatic heterocycles. The minimum Gasteiger partial charge on any atom is -0.495 e. The number of hydrogen-bond donors (Lipinski definition) is 1. The largest absolute Gasteiger partial charge is 0.495 e. The average Bonchev–Trinajstić information content (AvgIpc) is 3.13. The maximum Gasteiger partial charge on any atom is 0.238 e. The highest BCUT2D eigenvalue weighted by Crippen LogP contribution is 2.33. The number of carbonyl (C=O) groups is 1. The number of thiazole rings is 1. The van der Waals surface area contributed by atoms with Gasteiger partial charge in [-0.2, -0.15) is 0 Å². The van der Waals surface area contributed by atoms with Crippen LogP contribution in [0.3, 0.4) is 0 Å². The second kappa shape index (κ2) is 8.06. The van der Waals surface area contributed by atoms with Crippen LogP contribution in [0.25, 0.3) is 10.2 Å². The van der Waals surface area contributed by atoms with Crippen LogP contribution in [0, 0.1) is 0 Å². The number of likely N-dealkylation sites (tertiary alicyclic amines) is 1. The van der Waals surface area contributed by atoms with Gasteiger partial charge >= 0.3 is 0 Å². The van der Waals surface area contributed by atoms with E-state index in [-0.39, 0.29) is 5.91 Å². The molecule has 0 radical (unpaired) electrons. The lowest BCUT2D eigenvalue weighted by Gasteiger charge is -2.31. The van der Waals surface area contributed by atoms with Crippen molar-refractivity contribution < 1.29 is 9.53 Å². The number of amides is 1. The lowest BCUT2D eigenvalue weighted by atomic mass is 9.99. The summed E-state index contributed by atoms with van der Waals surface area (Å²) >= 11 is 1.78. The van der Waals surface area contributed by atoms with Crippen molar-refractivity contribution in [1.29, 1.82) is 0 Å². The van der Waals surface area contributed by atoms with E-state index in [0.29, 0.717) is 23.9 Å². The van der Waals surface area contributed by atoms with E-state index in [4.69, 9.17) is 9.72 Å². The van der Waals surface area contributed by atoms with Gasteiger partial charge in [-0.05, 0) is 43.7 Å². The monoisotopic (exact) mass is 381 g/mol. The van der Waals surface area contributed by atoms with Crippen molar-refractivity contribution in [1.82, 2.24) is 9.88 Å². The molecule has 1 saturated heterocycles. The number of methoxy groups -OCH3 is 1. The maximum atomic E-state index is 12.5. The molecule has 0 aliphatic carbocycles. The number of carbonyl (C=O) groups excluding carboxylic acids is 1. The molecular weight excluding hydrogens is 358 g/mol. The SMILES string of the molecule is COc1ccccc1NC(=O)CN1CCC[C@@H](c2nc3ccccc3s2)C1. The summed E-state index contributed by atoms with van der Waals surface area (Å²) < 4.78 is 6.54. The van der Waals surface area contributed by atoms with Crippen LogP contribution in [0.2, 0.25) is 0 Å². The zero-order valence-corrected chi connectivity index (χ0v) is 16.2. The fourth-order valence-electron chi connectivity index (χ4n) is 3.61. The smallest absolute Gasteiger partial charge is 0.238 e. The van der Waals surface area contributed by atoms with Gasteiger partial charge in [-0.3, -0.25) is 9.69 Å². The fourth-order valence-corrected chi connectivity index (χ4v) is 4.70. The molecule has 0 spiro atoms. The van der Waals surface area contributed by atoms with Crippen molar-refractivity contribution in [3.05, 3.63) is 53.5 Å². The van der Waals surface area contributed by atoms with Crippen molar-refractivity contribution in [2.75, 3.05) is 32.1 Å². The number of benzene rings is 2. The summed E-state index contributed by atoms with van der Waals surface area (Å²) in [5.41, 5.74) is 1.79. The third-order valence-electron chi connectivity index (χ3n) is 4.91. The molecule has 0 unspecified atom stereocenters. The number of rotatable bonds is 5. The van der Waals surface area contributed by atoms with E-state index in [1.165, 1.54) is 9.71 Å². The van der Waals surface area contributed by atoms with Gasteiger partial charge in [0.1, 0.15) is 5.75 Å². The minimum absolute atomic E-state index is 0.00977. The molecule has 27 heavy (non-hydrogen) atoms. The fraction of sp³-hybridized carbons (Fsp3) is 0.333. The number of anilines is 1. The van der Waals surface area contributed by atoms with Crippen molar-refractivity contribution in [2.24, 2.45) is 0 Å². The van der Waals surface area contributed by atoms with E-state index in [9.17, 15) is 4.79 Å². The number of ether oxygens (including phenoxy) is 1. The molecule has 1 N–H and O–H groups in total. The Kier molecular flexibility index (Phi) is 5.36. The third-order valence-corrected chi connectivity index (χ3v) is 6.11. The van der Waals surface area contributed by atoms with Gasteiger partial charge in [0.15, 0.2) is 0 Å². The van der Waals surface area contributed by atoms with E-state index < -0.39 is 0 Å². The Bertz CT molecular complexity index is 907. The second-order valence-corrected chi connectivity index (χ2v) is 7.90. The first kappa shape index (κ1) is 17.9. The van der Waals surface area contributed by atoms with E-state index in [1.54, 1.807) is 18.4 Å². The summed E-state index contributed by atoms with van der Waals surface area (Å²) in [4.78, 5) is 19.6. The Hall–Kier alpha value is -2.44. The van der Waals surface area contributed by atoms with Crippen LogP contribution in [0.5, 0.6) is 5.75 Å². The standard InChI is InChI=1S/C21H23N3O2S/c1-26-18-10-4-2-8-16(18)22-20(25)14-24-12-6-7-15(13-24)21-23-17-9-3-5-11-19(17)27-21/h2-5,8-11,15H,6-7,12-14H2,1H3,(H,22,25)/t15-/m1/s1. The van der Waals surface area contributed by atoms with Gasteiger partial charge in [-0.1, -0.05) is 24.3 Å². The van der Waals surface area contributed by atoms with Crippen LogP contribution in [0.15, 0.2) is 48.5 Å². The molecule has 140 valence electrons. The van der Waals surface area contributed by atoms with Crippen LogP contribution >= 0.6 is 11.3 Å². The number of piperidine rings is 1. The maximum absolute atomic E-state index is 12.5. The highest BCUT2D eigenvalue weighted by atomic mass is 32.1. The van der Waals surface area contributed by atoms with Gasteiger partial charge < -0.3 is 10.1 Å². The normalized spacial score (nSPS) is 17.7. The molecule has 6 heteroatoms. The molecule has 1 fully saturated rings. The Morgan fingerprint density at radius 3 is 2.93 bits per heavy atom. The van der Waals surface area contributed by atoms with Crippen LogP contribution in [0.4, 0.5) is 5.69 Å². The molecule has 2 aromatic carbocycles. The lowest BCUT2D eigenvalue weighted by molar-refractivity contribution is -0.117. The van der Waals surface area contributed by atoms with Crippen molar-refractivity contribution in [3.8, 4) is 5.75 Å². The highest BCUT2D eigenvalue weighted by Gasteiger charge is 2.25. The van der Waals surface area contributed by atoms with Gasteiger partial charge in [0.05, 0.1) is 34.6 Å². The predicted molar refractivity (Wildman–Crippen MR) is 110 cm³/mol. The van der Waals surface area contributed by atoms with E-state index >= 15 is 0 Å². The number of para-hydroxylation sites is 3. The third kappa shape index (κ3) is 4.12. The van der Waals surface area contributed by atoms with Crippen molar-refractivity contribution >= 4 is 33.1 Å². The summed E-state index contributed by atoms with van der Waals surface area (Å²) in [7, 11) is 1.61. The van der Waals surface area contributed by atoms with Gasteiger partial charge in [0.2, 0.25) is 5.91 Å². The predicted octanol–water partition coefficient (Wildman–Crippen LogP) is 4.12. The number of nitrogens with zero attached hydrogens (tertiary/aromatic N) is 2. The van der Waals surface area contributed by atoms with Crippen LogP contribution in [-0.4, -0.2) is 42.5 Å². The summed E-state index contributed by atoms with van der Waals surface area (Å²) in [5, 5.41) is 4.15. The molecule has 2 heterocycles. The van der Waals surface area contributed by atoms with Crippen LogP contribution in [0.1, 0.15) is 23.8 Å². The molecule has 1 amide bonds. The quantitative estimate of drug-likeness (QED) is 0.722. The van der Waals surface area contributed by atoms with E-state index in [0.717, 1.165) is 31.4 Å². The van der Waals surface area contributed by atoms with Gasteiger partial charge in [0, 0.05) is 12.5 Å². The number of aromatic nitrogens is 1. The first-order chi connectivity index (χ1) is 13.2. The molecule has 0 bridgehead atoms. The van der Waals surface area contributed by atoms with Crippen molar-refractivity contribution in [3.63, 3.8) is 0 Å². The van der Waals surface area contributed by atoms with E-state index in [1.807, 2.05) is 30.3 Å². The van der Waals surface area contributed by atoms with E-state index in [2.05, 4.69) is 28.4 Å². The first-order valence-corrected chi connectivity index (χ1v) is 10.1. The number of nitrogens with one attached hydrogen (secondary N) is 1. The zero-order valence-electron chi connectivity index (χ0n) is 15.4. The molecular formula is C21H23N3O2S. The molecule has 1 aliphatic rings. The Labute approximate surface area is 163 Å². The second-order valence-electron chi connectivity index (χ2n) is 6.84. The zero-order chi connectivity index (χ0) is 18.6. The molecule has 0 saturated carbocycles. The van der Waals surface area contributed by atoms with Gasteiger partial charge in [-0.25, -0.2) is 4.98 Å². The summed E-state index contributed by atoms with van der Waals surface area (Å²) in [6.07, 6.45) is 2.22. The van der Waals surface area contributed by atoms with Crippen LogP contribution < -0.4 is 10.1 Å². The van der Waals surface area contributed by atoms with Crippen LogP contribution in [-0.2, 0) is 4.79 Å². The molecule has 3 aromatic rings. The highest BCUT2D eigenvalue weighted by molar-refractivity contribution is 7.18. The summed E-state index contributed by atoms with van der Waals surface area (Å²) in [6, 6.07) is 15.8. The van der Waals surface area contributed by atoms with Crippen molar-refractivity contribution in [2.45, 2.75) is 18.8 Å². The molecule has 5 nitrogen and oxygen atoms in total. The van der Waals surface area contributed by atoms with Gasteiger partial charge in [0.25, 0.3) is 0 Å². The Morgan fingerprint density at radius 1 is 1.26 bits per heavy atom. The topological polar surface area (TPSA) is 54.5 Å². The molecule has 4 rings (SSSR count). The number of hydrogen-bond acceptors (Lipinski definition) is 5. The Balaban J connectivity index is 1.40. The lowest BCUT2D eigenvalue weighted by Crippen LogP contribution is -2.39. The first-order valence-electron chi connectivity index (χ1n) is 9.23.